The second kappa shape index (κ2) is 9.18. The molecule has 26 heavy (non-hydrogen) atoms. The smallest absolute Gasteiger partial charge is 0.338 e. The van der Waals surface area contributed by atoms with E-state index in [1.807, 2.05) is 50.2 Å². The maximum atomic E-state index is 12.1. The minimum absolute atomic E-state index is 0.0906. The number of carbonyl (C=O) groups excluding carboxylic acids is 2. The standard InChI is InChI=1S/C22H27NO3/c1-5-20(18-8-6-16(4)7-9-18)23-21(24)14-26-22(25)19-12-10-17(11-13-19)15(2)3/h6-13,15,20H,5,14H2,1-4H3,(H,23,24)/t20-/m0/s1. The first-order valence-corrected chi connectivity index (χ1v) is 9.03. The molecule has 0 aliphatic heterocycles. The molecule has 1 atom stereocenters. The van der Waals surface area contributed by atoms with Gasteiger partial charge in [-0.05, 0) is 42.5 Å². The van der Waals surface area contributed by atoms with Crippen LogP contribution in [-0.2, 0) is 9.53 Å². The summed E-state index contributed by atoms with van der Waals surface area (Å²) in [5.41, 5.74) is 3.82. The van der Waals surface area contributed by atoms with E-state index in [1.54, 1.807) is 12.1 Å². The molecular weight excluding hydrogens is 326 g/mol. The number of benzene rings is 2. The molecular formula is C22H27NO3. The molecule has 0 bridgehead atoms. The Morgan fingerprint density at radius 3 is 2.08 bits per heavy atom. The summed E-state index contributed by atoms with van der Waals surface area (Å²) in [5, 5.41) is 2.92. The number of rotatable bonds is 7. The summed E-state index contributed by atoms with van der Waals surface area (Å²) >= 11 is 0. The fraction of sp³-hybridized carbons (Fsp3) is 0.364. The maximum Gasteiger partial charge on any atom is 0.338 e. The SMILES string of the molecule is CC[C@H](NC(=O)COC(=O)c1ccc(C(C)C)cc1)c1ccc(C)cc1. The molecule has 4 nitrogen and oxygen atoms in total. The van der Waals surface area contributed by atoms with E-state index in [9.17, 15) is 9.59 Å². The van der Waals surface area contributed by atoms with Crippen molar-refractivity contribution in [3.05, 3.63) is 70.8 Å². The number of aryl methyl sites for hydroxylation is 1. The van der Waals surface area contributed by atoms with E-state index in [4.69, 9.17) is 4.74 Å². The lowest BCUT2D eigenvalue weighted by molar-refractivity contribution is -0.125. The van der Waals surface area contributed by atoms with Crippen molar-refractivity contribution in [3.8, 4) is 0 Å². The minimum Gasteiger partial charge on any atom is -0.452 e. The zero-order chi connectivity index (χ0) is 19.1. The van der Waals surface area contributed by atoms with Gasteiger partial charge in [-0.15, -0.1) is 0 Å². The van der Waals surface area contributed by atoms with Gasteiger partial charge in [-0.1, -0.05) is 62.7 Å². The highest BCUT2D eigenvalue weighted by Gasteiger charge is 2.15. The van der Waals surface area contributed by atoms with Gasteiger partial charge >= 0.3 is 5.97 Å². The highest BCUT2D eigenvalue weighted by atomic mass is 16.5. The number of nitrogens with one attached hydrogen (secondary N) is 1. The van der Waals surface area contributed by atoms with Gasteiger partial charge < -0.3 is 10.1 Å². The third kappa shape index (κ3) is 5.45. The normalized spacial score (nSPS) is 11.9. The number of ether oxygens (including phenoxy) is 1. The quantitative estimate of drug-likeness (QED) is 0.743. The first kappa shape index (κ1) is 19.7. The zero-order valence-electron chi connectivity index (χ0n) is 15.9. The van der Waals surface area contributed by atoms with Crippen LogP contribution in [-0.4, -0.2) is 18.5 Å². The largest absolute Gasteiger partial charge is 0.452 e. The van der Waals surface area contributed by atoms with E-state index < -0.39 is 5.97 Å². The van der Waals surface area contributed by atoms with Crippen LogP contribution < -0.4 is 5.32 Å². The van der Waals surface area contributed by atoms with Gasteiger partial charge in [-0.25, -0.2) is 4.79 Å². The maximum absolute atomic E-state index is 12.1. The molecule has 0 heterocycles. The Hall–Kier alpha value is -2.62. The van der Waals surface area contributed by atoms with E-state index in [0.29, 0.717) is 11.5 Å². The molecule has 0 aliphatic rings. The molecule has 2 aromatic carbocycles. The van der Waals surface area contributed by atoms with Crippen LogP contribution >= 0.6 is 0 Å². The Morgan fingerprint density at radius 2 is 1.54 bits per heavy atom. The van der Waals surface area contributed by atoms with Crippen LogP contribution in [0.2, 0.25) is 0 Å². The van der Waals surface area contributed by atoms with Gasteiger partial charge in [-0.2, -0.15) is 0 Å². The molecule has 1 amide bonds. The molecule has 138 valence electrons. The Bertz CT molecular complexity index is 733. The Morgan fingerprint density at radius 1 is 0.962 bits per heavy atom. The van der Waals surface area contributed by atoms with Crippen molar-refractivity contribution < 1.29 is 14.3 Å². The minimum atomic E-state index is -0.487. The van der Waals surface area contributed by atoms with Crippen molar-refractivity contribution >= 4 is 11.9 Å². The van der Waals surface area contributed by atoms with Gasteiger partial charge in [0.2, 0.25) is 0 Å². The van der Waals surface area contributed by atoms with E-state index >= 15 is 0 Å². The molecule has 1 N–H and O–H groups in total. The van der Waals surface area contributed by atoms with Crippen LogP contribution in [0.25, 0.3) is 0 Å². The molecule has 0 spiro atoms. The van der Waals surface area contributed by atoms with Crippen molar-refractivity contribution in [1.82, 2.24) is 5.32 Å². The van der Waals surface area contributed by atoms with E-state index in [-0.39, 0.29) is 18.6 Å². The lowest BCUT2D eigenvalue weighted by atomic mass is 10.0. The summed E-state index contributed by atoms with van der Waals surface area (Å²) in [6, 6.07) is 15.2. The molecule has 0 fully saturated rings. The Balaban J connectivity index is 1.88. The van der Waals surface area contributed by atoms with Crippen molar-refractivity contribution in [3.63, 3.8) is 0 Å². The Labute approximate surface area is 155 Å². The van der Waals surface area contributed by atoms with E-state index in [1.165, 1.54) is 5.56 Å². The first-order chi connectivity index (χ1) is 12.4. The van der Waals surface area contributed by atoms with Gasteiger partial charge in [0.15, 0.2) is 6.61 Å². The van der Waals surface area contributed by atoms with Crippen molar-refractivity contribution in [2.24, 2.45) is 0 Å². The summed E-state index contributed by atoms with van der Waals surface area (Å²) in [5.74, 6) is -0.387. The van der Waals surface area contributed by atoms with Gasteiger partial charge in [-0.3, -0.25) is 4.79 Å². The molecule has 4 heteroatoms. The second-order valence-corrected chi connectivity index (χ2v) is 6.79. The molecule has 2 rings (SSSR count). The van der Waals surface area contributed by atoms with Crippen molar-refractivity contribution in [2.45, 2.75) is 46.1 Å². The van der Waals surface area contributed by atoms with Crippen LogP contribution in [0.1, 0.15) is 66.2 Å². The van der Waals surface area contributed by atoms with E-state index in [0.717, 1.165) is 17.5 Å². The van der Waals surface area contributed by atoms with Crippen molar-refractivity contribution in [2.75, 3.05) is 6.61 Å². The van der Waals surface area contributed by atoms with Crippen LogP contribution in [0.15, 0.2) is 48.5 Å². The van der Waals surface area contributed by atoms with E-state index in [2.05, 4.69) is 19.2 Å². The third-order valence-corrected chi connectivity index (χ3v) is 4.37. The average Bonchev–Trinajstić information content (AvgIpc) is 2.65. The molecule has 0 saturated heterocycles. The summed E-state index contributed by atoms with van der Waals surface area (Å²) < 4.78 is 5.14. The highest BCUT2D eigenvalue weighted by Crippen LogP contribution is 2.17. The average molecular weight is 353 g/mol. The van der Waals surface area contributed by atoms with Crippen LogP contribution in [0.5, 0.6) is 0 Å². The van der Waals surface area contributed by atoms with Gasteiger partial charge in [0.05, 0.1) is 11.6 Å². The van der Waals surface area contributed by atoms with Crippen molar-refractivity contribution in [1.29, 1.82) is 0 Å². The van der Waals surface area contributed by atoms with Gasteiger partial charge in [0.1, 0.15) is 0 Å². The zero-order valence-corrected chi connectivity index (χ0v) is 15.9. The Kier molecular flexibility index (Phi) is 6.96. The number of amides is 1. The molecule has 2 aromatic rings. The lowest BCUT2D eigenvalue weighted by Gasteiger charge is -2.17. The van der Waals surface area contributed by atoms with Gasteiger partial charge in [0, 0.05) is 0 Å². The first-order valence-electron chi connectivity index (χ1n) is 9.03. The van der Waals surface area contributed by atoms with Crippen LogP contribution in [0.3, 0.4) is 0 Å². The molecule has 0 radical (unpaired) electrons. The summed E-state index contributed by atoms with van der Waals surface area (Å²) in [7, 11) is 0. The molecule has 0 aromatic heterocycles. The highest BCUT2D eigenvalue weighted by molar-refractivity contribution is 5.91. The summed E-state index contributed by atoms with van der Waals surface area (Å²) in [6.07, 6.45) is 0.763. The summed E-state index contributed by atoms with van der Waals surface area (Å²) in [4.78, 5) is 24.2. The van der Waals surface area contributed by atoms with Crippen LogP contribution in [0, 0.1) is 6.92 Å². The topological polar surface area (TPSA) is 55.4 Å². The van der Waals surface area contributed by atoms with Gasteiger partial charge in [0.25, 0.3) is 5.91 Å². The third-order valence-electron chi connectivity index (χ3n) is 4.37. The predicted molar refractivity (Wildman–Crippen MR) is 103 cm³/mol. The second-order valence-electron chi connectivity index (χ2n) is 6.79. The summed E-state index contributed by atoms with van der Waals surface area (Å²) in [6.45, 7) is 7.93. The molecule has 0 saturated carbocycles. The number of esters is 1. The molecule has 0 aliphatic carbocycles. The number of carbonyl (C=O) groups is 2. The van der Waals surface area contributed by atoms with Crippen LogP contribution in [0.4, 0.5) is 0 Å². The number of hydrogen-bond acceptors (Lipinski definition) is 3. The fourth-order valence-corrected chi connectivity index (χ4v) is 2.67. The molecule has 0 unspecified atom stereocenters. The monoisotopic (exact) mass is 353 g/mol. The lowest BCUT2D eigenvalue weighted by Crippen LogP contribution is -2.32. The predicted octanol–water partition coefficient (Wildman–Crippen LogP) is 4.54. The number of hydrogen-bond donors (Lipinski definition) is 1. The fourth-order valence-electron chi connectivity index (χ4n) is 2.67.